The molecule has 60 valence electrons. The molecule has 0 aliphatic rings. The minimum Gasteiger partial charge on any atom is -0.211 e. The summed E-state index contributed by atoms with van der Waals surface area (Å²) in [6.07, 6.45) is 2.29. The Kier molecular flexibility index (Phi) is 2.76. The van der Waals surface area contributed by atoms with Gasteiger partial charge in [-0.3, -0.25) is 0 Å². The van der Waals surface area contributed by atoms with Gasteiger partial charge in [0, 0.05) is 4.88 Å². The Morgan fingerprint density at radius 2 is 2.50 bits per heavy atom. The number of rotatable bonds is 2. The van der Waals surface area contributed by atoms with E-state index in [4.69, 9.17) is 5.26 Å². The van der Waals surface area contributed by atoms with Crippen molar-refractivity contribution < 1.29 is 4.79 Å². The summed E-state index contributed by atoms with van der Waals surface area (Å²) in [7, 11) is 0. The van der Waals surface area contributed by atoms with Gasteiger partial charge in [0.25, 0.3) is 0 Å². The summed E-state index contributed by atoms with van der Waals surface area (Å²) >= 11 is 1.36. The summed E-state index contributed by atoms with van der Waals surface area (Å²) in [5, 5.41) is 9.08. The molecular formula is C8H6N2OS. The number of aryl methyl sites for hydroxylation is 1. The largest absolute Gasteiger partial charge is 0.241 e. The Balaban J connectivity index is 3.18. The van der Waals surface area contributed by atoms with Gasteiger partial charge in [-0.1, -0.05) is 6.92 Å². The summed E-state index contributed by atoms with van der Waals surface area (Å²) in [6.45, 7) is 1.99. The SMILES string of the molecule is CCc1cc(C#N)c(N=C=O)s1. The average Bonchev–Trinajstić information content (AvgIpc) is 2.48. The maximum atomic E-state index is 9.95. The highest BCUT2D eigenvalue weighted by atomic mass is 32.1. The van der Waals surface area contributed by atoms with Crippen molar-refractivity contribution in [1.82, 2.24) is 0 Å². The Morgan fingerprint density at radius 1 is 1.75 bits per heavy atom. The summed E-state index contributed by atoms with van der Waals surface area (Å²) in [6, 6.07) is 3.72. The van der Waals surface area contributed by atoms with Crippen LogP contribution in [-0.4, -0.2) is 6.08 Å². The van der Waals surface area contributed by atoms with Crippen LogP contribution in [0.1, 0.15) is 17.4 Å². The van der Waals surface area contributed by atoms with Crippen molar-refractivity contribution in [2.75, 3.05) is 0 Å². The molecule has 0 saturated heterocycles. The maximum absolute atomic E-state index is 9.95. The zero-order valence-electron chi connectivity index (χ0n) is 6.50. The van der Waals surface area contributed by atoms with Gasteiger partial charge in [-0.15, -0.1) is 11.3 Å². The van der Waals surface area contributed by atoms with E-state index in [1.807, 2.05) is 13.0 Å². The van der Waals surface area contributed by atoms with E-state index in [1.165, 1.54) is 17.4 Å². The van der Waals surface area contributed by atoms with Crippen LogP contribution in [-0.2, 0) is 11.2 Å². The summed E-state index contributed by atoms with van der Waals surface area (Å²) in [4.78, 5) is 14.4. The lowest BCUT2D eigenvalue weighted by molar-refractivity contribution is 0.565. The Hall–Kier alpha value is -1.43. The fourth-order valence-corrected chi connectivity index (χ4v) is 1.68. The Bertz CT molecular complexity index is 369. The molecule has 0 amide bonds. The lowest BCUT2D eigenvalue weighted by atomic mass is 10.3. The van der Waals surface area contributed by atoms with Crippen LogP contribution >= 0.6 is 11.3 Å². The number of hydrogen-bond donors (Lipinski definition) is 0. The Labute approximate surface area is 74.0 Å². The fraction of sp³-hybridized carbons (Fsp3) is 0.250. The molecule has 0 saturated carbocycles. The predicted octanol–water partition coefficient (Wildman–Crippen LogP) is 2.15. The quantitative estimate of drug-likeness (QED) is 0.514. The van der Waals surface area contributed by atoms with Gasteiger partial charge in [0.2, 0.25) is 6.08 Å². The monoisotopic (exact) mass is 178 g/mol. The molecule has 1 rings (SSSR count). The molecule has 3 nitrogen and oxygen atoms in total. The van der Waals surface area contributed by atoms with Crippen molar-refractivity contribution in [1.29, 1.82) is 5.26 Å². The summed E-state index contributed by atoms with van der Waals surface area (Å²) < 4.78 is 0. The molecule has 0 aliphatic carbocycles. The molecule has 0 aromatic carbocycles. The standard InChI is InChI=1S/C8H6N2OS/c1-2-7-3-6(4-9)8(12-7)10-5-11/h3H,2H2,1H3. The van der Waals surface area contributed by atoms with E-state index >= 15 is 0 Å². The summed E-state index contributed by atoms with van der Waals surface area (Å²) in [5.41, 5.74) is 0.459. The third-order valence-corrected chi connectivity index (χ3v) is 2.55. The van der Waals surface area contributed by atoms with Gasteiger partial charge >= 0.3 is 0 Å². The minimum atomic E-state index is 0.459. The van der Waals surface area contributed by atoms with Gasteiger partial charge in [0.05, 0.1) is 5.56 Å². The highest BCUT2D eigenvalue weighted by Gasteiger charge is 2.05. The van der Waals surface area contributed by atoms with Crippen LogP contribution < -0.4 is 0 Å². The lowest BCUT2D eigenvalue weighted by Crippen LogP contribution is -1.67. The molecule has 0 unspecified atom stereocenters. The van der Waals surface area contributed by atoms with Gasteiger partial charge in [0.15, 0.2) is 0 Å². The number of carbonyl (C=O) groups excluding carboxylic acids is 1. The molecule has 0 aliphatic heterocycles. The van der Waals surface area contributed by atoms with E-state index in [0.29, 0.717) is 10.6 Å². The van der Waals surface area contributed by atoms with Gasteiger partial charge in [0.1, 0.15) is 11.1 Å². The van der Waals surface area contributed by atoms with Crippen LogP contribution in [0.5, 0.6) is 0 Å². The number of aliphatic imine (C=N–C) groups is 1. The van der Waals surface area contributed by atoms with Crippen LogP contribution in [0, 0.1) is 11.3 Å². The number of nitrogens with zero attached hydrogens (tertiary/aromatic N) is 2. The first-order chi connectivity index (χ1) is 5.81. The molecular weight excluding hydrogens is 172 g/mol. The molecule has 0 atom stereocenters. The average molecular weight is 178 g/mol. The van der Waals surface area contributed by atoms with Gasteiger partial charge in [-0.25, -0.2) is 4.79 Å². The second-order valence-corrected chi connectivity index (χ2v) is 3.22. The van der Waals surface area contributed by atoms with Crippen molar-refractivity contribution >= 4 is 22.4 Å². The zero-order chi connectivity index (χ0) is 8.97. The number of thiophene rings is 1. The lowest BCUT2D eigenvalue weighted by Gasteiger charge is -1.80. The first-order valence-corrected chi connectivity index (χ1v) is 4.24. The van der Waals surface area contributed by atoms with E-state index in [2.05, 4.69) is 4.99 Å². The molecule has 1 aromatic rings. The van der Waals surface area contributed by atoms with Gasteiger partial charge < -0.3 is 0 Å². The first-order valence-electron chi connectivity index (χ1n) is 3.42. The van der Waals surface area contributed by atoms with Crippen LogP contribution in [0.3, 0.4) is 0 Å². The Morgan fingerprint density at radius 3 is 3.00 bits per heavy atom. The number of nitriles is 1. The molecule has 0 N–H and O–H groups in total. The molecule has 0 radical (unpaired) electrons. The zero-order valence-corrected chi connectivity index (χ0v) is 7.31. The molecule has 12 heavy (non-hydrogen) atoms. The van der Waals surface area contributed by atoms with Crippen molar-refractivity contribution in [2.45, 2.75) is 13.3 Å². The molecule has 0 fully saturated rings. The highest BCUT2D eigenvalue weighted by molar-refractivity contribution is 7.16. The van der Waals surface area contributed by atoms with Crippen LogP contribution in [0.25, 0.3) is 0 Å². The molecule has 0 bridgehead atoms. The van der Waals surface area contributed by atoms with Crippen LogP contribution in [0.2, 0.25) is 0 Å². The highest BCUT2D eigenvalue weighted by Crippen LogP contribution is 2.29. The second kappa shape index (κ2) is 3.82. The van der Waals surface area contributed by atoms with Crippen LogP contribution in [0.15, 0.2) is 11.1 Å². The van der Waals surface area contributed by atoms with Crippen molar-refractivity contribution in [2.24, 2.45) is 4.99 Å². The third-order valence-electron chi connectivity index (χ3n) is 1.38. The molecule has 1 heterocycles. The van der Waals surface area contributed by atoms with Crippen molar-refractivity contribution in [3.05, 3.63) is 16.5 Å². The van der Waals surface area contributed by atoms with E-state index in [1.54, 1.807) is 6.07 Å². The van der Waals surface area contributed by atoms with E-state index in [0.717, 1.165) is 11.3 Å². The number of isocyanates is 1. The molecule has 1 aromatic heterocycles. The summed E-state index contributed by atoms with van der Waals surface area (Å²) in [5.74, 6) is 0. The van der Waals surface area contributed by atoms with E-state index in [9.17, 15) is 4.79 Å². The van der Waals surface area contributed by atoms with Gasteiger partial charge in [-0.2, -0.15) is 10.3 Å². The fourth-order valence-electron chi connectivity index (χ4n) is 0.810. The molecule has 0 spiro atoms. The van der Waals surface area contributed by atoms with E-state index in [-0.39, 0.29) is 0 Å². The second-order valence-electron chi connectivity index (χ2n) is 2.10. The molecule has 4 heteroatoms. The number of hydrogen-bond acceptors (Lipinski definition) is 4. The first kappa shape index (κ1) is 8.66. The minimum absolute atomic E-state index is 0.459. The maximum Gasteiger partial charge on any atom is 0.241 e. The van der Waals surface area contributed by atoms with Crippen molar-refractivity contribution in [3.63, 3.8) is 0 Å². The third kappa shape index (κ3) is 1.59. The topological polar surface area (TPSA) is 53.2 Å². The predicted molar refractivity (Wildman–Crippen MR) is 46.2 cm³/mol. The van der Waals surface area contributed by atoms with Gasteiger partial charge in [-0.05, 0) is 12.5 Å². The smallest absolute Gasteiger partial charge is 0.211 e. The van der Waals surface area contributed by atoms with Crippen molar-refractivity contribution in [3.8, 4) is 6.07 Å². The van der Waals surface area contributed by atoms with Crippen LogP contribution in [0.4, 0.5) is 5.00 Å². The normalized spacial score (nSPS) is 8.67. The van der Waals surface area contributed by atoms with E-state index < -0.39 is 0 Å².